The molecular formula is C19H26N4O5. The Hall–Kier alpha value is -2.97. The molecule has 1 aromatic carbocycles. The lowest BCUT2D eigenvalue weighted by atomic mass is 9.98. The number of urea groups is 2. The van der Waals surface area contributed by atoms with Crippen LogP contribution in [0, 0.1) is 0 Å². The normalized spacial score (nSPS) is 21.6. The number of nitrogens with zero attached hydrogens (tertiary/aromatic N) is 2. The average Bonchev–Trinajstić information content (AvgIpc) is 2.90. The summed E-state index contributed by atoms with van der Waals surface area (Å²) < 4.78 is 10.5. The lowest BCUT2D eigenvalue weighted by Gasteiger charge is -2.32. The van der Waals surface area contributed by atoms with Crippen LogP contribution < -0.4 is 25.0 Å². The van der Waals surface area contributed by atoms with Crippen LogP contribution in [0.3, 0.4) is 0 Å². The minimum absolute atomic E-state index is 0.0216. The van der Waals surface area contributed by atoms with Gasteiger partial charge in [-0.1, -0.05) is 0 Å². The van der Waals surface area contributed by atoms with E-state index in [1.807, 2.05) is 13.8 Å². The van der Waals surface area contributed by atoms with Crippen molar-refractivity contribution < 1.29 is 23.9 Å². The number of benzene rings is 1. The van der Waals surface area contributed by atoms with Crippen LogP contribution in [0.1, 0.15) is 26.7 Å². The van der Waals surface area contributed by atoms with Gasteiger partial charge in [0.15, 0.2) is 0 Å². The Morgan fingerprint density at radius 2 is 1.79 bits per heavy atom. The highest BCUT2D eigenvalue weighted by Gasteiger charge is 2.49. The zero-order valence-electron chi connectivity index (χ0n) is 16.5. The molecule has 9 nitrogen and oxygen atoms in total. The van der Waals surface area contributed by atoms with Gasteiger partial charge in [-0.2, -0.15) is 0 Å². The van der Waals surface area contributed by atoms with Crippen LogP contribution in [0.4, 0.5) is 15.3 Å². The molecule has 2 unspecified atom stereocenters. The second-order valence-electron chi connectivity index (χ2n) is 7.23. The molecule has 5 amide bonds. The Balaban J connectivity index is 1.78. The molecule has 2 atom stereocenters. The summed E-state index contributed by atoms with van der Waals surface area (Å²) >= 11 is 0. The van der Waals surface area contributed by atoms with Crippen molar-refractivity contribution in [1.29, 1.82) is 0 Å². The molecule has 3 rings (SSSR count). The third kappa shape index (κ3) is 3.83. The molecule has 0 bridgehead atoms. The van der Waals surface area contributed by atoms with Gasteiger partial charge >= 0.3 is 12.1 Å². The van der Waals surface area contributed by atoms with E-state index in [0.29, 0.717) is 36.6 Å². The molecule has 2 aliphatic heterocycles. The van der Waals surface area contributed by atoms with Gasteiger partial charge in [0.25, 0.3) is 5.91 Å². The molecule has 0 saturated carbocycles. The van der Waals surface area contributed by atoms with Crippen LogP contribution in [0.2, 0.25) is 0 Å². The summed E-state index contributed by atoms with van der Waals surface area (Å²) in [5.41, 5.74) is 0.405. The number of rotatable bonds is 5. The monoisotopic (exact) mass is 390 g/mol. The number of carbonyl (C=O) groups is 3. The van der Waals surface area contributed by atoms with Crippen molar-refractivity contribution in [3.63, 3.8) is 0 Å². The second-order valence-corrected chi connectivity index (χ2v) is 7.23. The highest BCUT2D eigenvalue weighted by atomic mass is 16.5. The fourth-order valence-corrected chi connectivity index (χ4v) is 3.58. The maximum Gasteiger partial charge on any atom is 0.332 e. The van der Waals surface area contributed by atoms with Gasteiger partial charge in [0.05, 0.1) is 19.9 Å². The summed E-state index contributed by atoms with van der Waals surface area (Å²) in [5, 5.41) is 5.67. The van der Waals surface area contributed by atoms with E-state index >= 15 is 0 Å². The Labute approximate surface area is 163 Å². The number of ether oxygens (including phenoxy) is 2. The molecular weight excluding hydrogens is 364 g/mol. The van der Waals surface area contributed by atoms with E-state index in [-0.39, 0.29) is 30.1 Å². The second kappa shape index (κ2) is 7.95. The molecule has 2 heterocycles. The number of fused-ring (bicyclic) bond motifs is 1. The first-order valence-electron chi connectivity index (χ1n) is 9.28. The van der Waals surface area contributed by atoms with Gasteiger partial charge in [0, 0.05) is 36.8 Å². The summed E-state index contributed by atoms with van der Waals surface area (Å²) in [6.45, 7) is 4.16. The van der Waals surface area contributed by atoms with Gasteiger partial charge in [-0.05, 0) is 26.7 Å². The summed E-state index contributed by atoms with van der Waals surface area (Å²) in [4.78, 5) is 40.6. The van der Waals surface area contributed by atoms with Crippen molar-refractivity contribution in [3.8, 4) is 11.5 Å². The van der Waals surface area contributed by atoms with Gasteiger partial charge in [-0.3, -0.25) is 4.79 Å². The zero-order valence-corrected chi connectivity index (χ0v) is 16.5. The van der Waals surface area contributed by atoms with E-state index in [9.17, 15) is 14.4 Å². The lowest BCUT2D eigenvalue weighted by Crippen LogP contribution is -2.52. The van der Waals surface area contributed by atoms with E-state index in [0.717, 1.165) is 4.90 Å². The van der Waals surface area contributed by atoms with Crippen LogP contribution in [0.5, 0.6) is 11.5 Å². The molecule has 0 aromatic heterocycles. The van der Waals surface area contributed by atoms with Crippen LogP contribution in [-0.4, -0.2) is 61.8 Å². The molecule has 9 heteroatoms. The van der Waals surface area contributed by atoms with E-state index < -0.39 is 6.04 Å². The minimum atomic E-state index is -0.595. The van der Waals surface area contributed by atoms with Gasteiger partial charge in [-0.25, -0.2) is 14.5 Å². The number of piperidine rings is 1. The summed E-state index contributed by atoms with van der Waals surface area (Å²) in [7, 11) is 3.02. The van der Waals surface area contributed by atoms with E-state index in [2.05, 4.69) is 10.6 Å². The Morgan fingerprint density at radius 1 is 1.14 bits per heavy atom. The molecule has 2 aliphatic rings. The van der Waals surface area contributed by atoms with E-state index in [1.54, 1.807) is 23.1 Å². The third-order valence-electron chi connectivity index (χ3n) is 4.89. The van der Waals surface area contributed by atoms with Crippen LogP contribution in [0.15, 0.2) is 18.2 Å². The molecule has 2 saturated heterocycles. The lowest BCUT2D eigenvalue weighted by molar-refractivity contribution is -0.120. The number of hydrogen-bond acceptors (Lipinski definition) is 5. The van der Waals surface area contributed by atoms with E-state index in [1.165, 1.54) is 14.2 Å². The number of amides is 5. The van der Waals surface area contributed by atoms with Gasteiger partial charge in [0.1, 0.15) is 17.5 Å². The number of anilines is 1. The summed E-state index contributed by atoms with van der Waals surface area (Å²) in [5.74, 6) is 0.672. The van der Waals surface area contributed by atoms with Crippen molar-refractivity contribution in [2.24, 2.45) is 0 Å². The van der Waals surface area contributed by atoms with Crippen LogP contribution >= 0.6 is 0 Å². The van der Waals surface area contributed by atoms with E-state index in [4.69, 9.17) is 9.47 Å². The fraction of sp³-hybridized carbons (Fsp3) is 0.526. The molecule has 2 N–H and O–H groups in total. The maximum absolute atomic E-state index is 13.0. The molecule has 0 aliphatic carbocycles. The third-order valence-corrected chi connectivity index (χ3v) is 4.89. The van der Waals surface area contributed by atoms with Gasteiger partial charge in [-0.15, -0.1) is 0 Å². The zero-order chi connectivity index (χ0) is 20.4. The predicted octanol–water partition coefficient (Wildman–Crippen LogP) is 1.71. The van der Waals surface area contributed by atoms with Gasteiger partial charge in [0.2, 0.25) is 0 Å². The number of nitrogens with one attached hydrogen (secondary N) is 2. The highest BCUT2D eigenvalue weighted by molar-refractivity contribution is 6.21. The maximum atomic E-state index is 13.0. The van der Waals surface area contributed by atoms with Crippen molar-refractivity contribution in [3.05, 3.63) is 18.2 Å². The minimum Gasteiger partial charge on any atom is -0.497 e. The standard InChI is InChI=1S/C19H26N4O5/c1-11(2)20-18(25)21-12-5-6-22-16(7-12)17(24)23(19(22)26)13-8-14(27-3)10-15(9-13)28-4/h8-12,16H,5-7H2,1-4H3,(H2,20,21,25). The van der Waals surface area contributed by atoms with Crippen molar-refractivity contribution >= 4 is 23.7 Å². The Morgan fingerprint density at radius 3 is 2.36 bits per heavy atom. The first-order chi connectivity index (χ1) is 13.3. The predicted molar refractivity (Wildman–Crippen MR) is 103 cm³/mol. The van der Waals surface area contributed by atoms with Crippen molar-refractivity contribution in [2.45, 2.75) is 44.8 Å². The fourth-order valence-electron chi connectivity index (χ4n) is 3.58. The van der Waals surface area contributed by atoms with Gasteiger partial charge < -0.3 is 25.0 Å². The summed E-state index contributed by atoms with van der Waals surface area (Å²) in [6.07, 6.45) is 0.976. The highest BCUT2D eigenvalue weighted by Crippen LogP contribution is 2.35. The summed E-state index contributed by atoms with van der Waals surface area (Å²) in [6, 6.07) is 3.56. The largest absolute Gasteiger partial charge is 0.497 e. The molecule has 2 fully saturated rings. The van der Waals surface area contributed by atoms with Crippen molar-refractivity contribution in [2.75, 3.05) is 25.7 Å². The topological polar surface area (TPSA) is 100 Å². The molecule has 1 aromatic rings. The number of carbonyl (C=O) groups excluding carboxylic acids is 3. The Bertz CT molecular complexity index is 759. The van der Waals surface area contributed by atoms with Crippen LogP contribution in [-0.2, 0) is 4.79 Å². The quantitative estimate of drug-likeness (QED) is 0.746. The number of imide groups is 1. The first-order valence-corrected chi connectivity index (χ1v) is 9.28. The SMILES string of the molecule is COc1cc(OC)cc(N2C(=O)C3CC(NC(=O)NC(C)C)CCN3C2=O)c1. The molecule has 0 radical (unpaired) electrons. The first kappa shape index (κ1) is 19.8. The number of hydrogen-bond donors (Lipinski definition) is 2. The average molecular weight is 390 g/mol. The smallest absolute Gasteiger partial charge is 0.332 e. The van der Waals surface area contributed by atoms with Crippen molar-refractivity contribution in [1.82, 2.24) is 15.5 Å². The molecule has 28 heavy (non-hydrogen) atoms. The Kier molecular flexibility index (Phi) is 5.62. The number of methoxy groups -OCH3 is 2. The molecule has 0 spiro atoms. The van der Waals surface area contributed by atoms with Crippen LogP contribution in [0.25, 0.3) is 0 Å². The molecule has 152 valence electrons.